The molecule has 1 fully saturated rings. The summed E-state index contributed by atoms with van der Waals surface area (Å²) in [5.74, 6) is -1.91. The van der Waals surface area contributed by atoms with E-state index in [-0.39, 0.29) is 36.2 Å². The minimum Gasteiger partial charge on any atom is -0.481 e. The van der Waals surface area contributed by atoms with E-state index in [4.69, 9.17) is 23.7 Å². The molecule has 0 amide bonds. The zero-order valence-electron chi connectivity index (χ0n) is 27.7. The van der Waals surface area contributed by atoms with Crippen LogP contribution in [0.4, 0.5) is 0 Å². The molecule has 0 aromatic rings. The molecule has 0 radical (unpaired) electrons. The molecule has 0 aromatic carbocycles. The fraction of sp³-hybridized carbons (Fsp3) is 0.706. The standard InChI is InChI=1S/C34H52O10/c1-20(2)18-30(39)44-28-19-41-33(32(43-25(8)36)31(28)42-24(7)35)40-17-15-22(5)10-12-27-23(6)11-13-26(21(3)4)34(27,9)16-14-29(37)38/h11,18,22,26-28,31-33H,3,10,12-17,19H2,1-2,4-9H3,(H,37,38). The summed E-state index contributed by atoms with van der Waals surface area (Å²) < 4.78 is 28.3. The first-order valence-corrected chi connectivity index (χ1v) is 15.5. The van der Waals surface area contributed by atoms with Gasteiger partial charge in [-0.25, -0.2) is 4.79 Å². The van der Waals surface area contributed by atoms with Gasteiger partial charge in [-0.15, -0.1) is 0 Å². The maximum atomic E-state index is 12.3. The second kappa shape index (κ2) is 16.9. The van der Waals surface area contributed by atoms with Crippen LogP contribution >= 0.6 is 0 Å². The number of hydrogen-bond donors (Lipinski definition) is 1. The first-order valence-electron chi connectivity index (χ1n) is 15.5. The van der Waals surface area contributed by atoms with Crippen LogP contribution in [-0.4, -0.2) is 66.8 Å². The van der Waals surface area contributed by atoms with E-state index in [1.807, 2.05) is 6.92 Å². The van der Waals surface area contributed by atoms with Crippen LogP contribution in [0.15, 0.2) is 35.5 Å². The largest absolute Gasteiger partial charge is 0.481 e. The average Bonchev–Trinajstić information content (AvgIpc) is 2.89. The Balaban J connectivity index is 2.07. The van der Waals surface area contributed by atoms with Gasteiger partial charge in [-0.3, -0.25) is 14.4 Å². The first-order chi connectivity index (χ1) is 20.5. The molecule has 0 saturated carbocycles. The van der Waals surface area contributed by atoms with Crippen molar-refractivity contribution in [1.82, 2.24) is 0 Å². The Morgan fingerprint density at radius 1 is 1.07 bits per heavy atom. The van der Waals surface area contributed by atoms with Crippen LogP contribution in [0.5, 0.6) is 0 Å². The van der Waals surface area contributed by atoms with Crippen LogP contribution in [0.1, 0.15) is 93.9 Å². The van der Waals surface area contributed by atoms with Gasteiger partial charge in [-0.2, -0.15) is 0 Å². The highest BCUT2D eigenvalue weighted by Crippen LogP contribution is 2.52. The lowest BCUT2D eigenvalue weighted by molar-refractivity contribution is -0.281. The normalized spacial score (nSPS) is 29.0. The molecular weight excluding hydrogens is 568 g/mol. The van der Waals surface area contributed by atoms with E-state index in [0.717, 1.165) is 30.4 Å². The third-order valence-corrected chi connectivity index (χ3v) is 8.79. The Kier molecular flexibility index (Phi) is 14.3. The molecular formula is C34H52O10. The van der Waals surface area contributed by atoms with Gasteiger partial charge >= 0.3 is 23.9 Å². The van der Waals surface area contributed by atoms with E-state index in [1.54, 1.807) is 13.8 Å². The number of hydrogen-bond acceptors (Lipinski definition) is 9. The molecule has 0 bridgehead atoms. The number of carboxylic acid groups (broad SMARTS) is 1. The Morgan fingerprint density at radius 3 is 2.27 bits per heavy atom. The molecule has 8 unspecified atom stereocenters. The molecule has 248 valence electrons. The molecule has 10 heteroatoms. The van der Waals surface area contributed by atoms with Gasteiger partial charge in [0.15, 0.2) is 24.6 Å². The number of carbonyl (C=O) groups is 4. The zero-order valence-corrected chi connectivity index (χ0v) is 27.7. The topological polar surface area (TPSA) is 135 Å². The van der Waals surface area contributed by atoms with Crippen LogP contribution in [0.3, 0.4) is 0 Å². The lowest BCUT2D eigenvalue weighted by Crippen LogP contribution is -2.58. The highest BCUT2D eigenvalue weighted by molar-refractivity contribution is 5.82. The van der Waals surface area contributed by atoms with E-state index in [2.05, 4.69) is 33.4 Å². The van der Waals surface area contributed by atoms with E-state index in [1.165, 1.54) is 25.5 Å². The number of allylic oxidation sites excluding steroid dienone is 4. The number of carboxylic acids is 1. The Morgan fingerprint density at radius 2 is 1.70 bits per heavy atom. The van der Waals surface area contributed by atoms with Crippen molar-refractivity contribution in [3.8, 4) is 0 Å². The zero-order chi connectivity index (χ0) is 33.2. The molecule has 2 aliphatic rings. The summed E-state index contributed by atoms with van der Waals surface area (Å²) in [6, 6.07) is 0. The fourth-order valence-electron chi connectivity index (χ4n) is 6.56. The predicted octanol–water partition coefficient (Wildman–Crippen LogP) is 5.94. The third-order valence-electron chi connectivity index (χ3n) is 8.79. The van der Waals surface area contributed by atoms with Crippen molar-refractivity contribution in [2.24, 2.45) is 23.2 Å². The molecule has 0 spiro atoms. The molecule has 1 N–H and O–H groups in total. The van der Waals surface area contributed by atoms with Crippen molar-refractivity contribution < 1.29 is 48.0 Å². The van der Waals surface area contributed by atoms with Crippen molar-refractivity contribution >= 4 is 23.9 Å². The van der Waals surface area contributed by atoms with Crippen molar-refractivity contribution in [2.45, 2.75) is 119 Å². The van der Waals surface area contributed by atoms with E-state index in [0.29, 0.717) is 19.4 Å². The summed E-state index contributed by atoms with van der Waals surface area (Å²) >= 11 is 0. The summed E-state index contributed by atoms with van der Waals surface area (Å²) in [5, 5.41) is 9.43. The molecule has 1 aliphatic heterocycles. The number of carbonyl (C=O) groups excluding carboxylic acids is 3. The molecule has 0 aromatic heterocycles. The fourth-order valence-corrected chi connectivity index (χ4v) is 6.56. The number of esters is 3. The van der Waals surface area contributed by atoms with Crippen molar-refractivity contribution in [3.05, 3.63) is 35.5 Å². The monoisotopic (exact) mass is 620 g/mol. The van der Waals surface area contributed by atoms with Gasteiger partial charge in [0.2, 0.25) is 0 Å². The highest BCUT2D eigenvalue weighted by atomic mass is 16.7. The Bertz CT molecular complexity index is 1100. The van der Waals surface area contributed by atoms with E-state index >= 15 is 0 Å². The summed E-state index contributed by atoms with van der Waals surface area (Å²) in [5.41, 5.74) is 2.93. The summed E-state index contributed by atoms with van der Waals surface area (Å²) in [4.78, 5) is 47.7. The second-order valence-corrected chi connectivity index (χ2v) is 12.9. The van der Waals surface area contributed by atoms with Gasteiger partial charge in [0.25, 0.3) is 0 Å². The Hall–Kier alpha value is -2.98. The molecule has 1 heterocycles. The van der Waals surface area contributed by atoms with Gasteiger partial charge in [-0.1, -0.05) is 49.6 Å². The van der Waals surface area contributed by atoms with Crippen LogP contribution in [0.25, 0.3) is 0 Å². The molecule has 44 heavy (non-hydrogen) atoms. The first kappa shape index (κ1) is 37.2. The van der Waals surface area contributed by atoms with Gasteiger partial charge in [0, 0.05) is 26.3 Å². The molecule has 8 atom stereocenters. The van der Waals surface area contributed by atoms with Gasteiger partial charge in [0.1, 0.15) is 0 Å². The molecule has 10 nitrogen and oxygen atoms in total. The van der Waals surface area contributed by atoms with Crippen LogP contribution < -0.4 is 0 Å². The smallest absolute Gasteiger partial charge is 0.331 e. The molecule has 1 saturated heterocycles. The van der Waals surface area contributed by atoms with Crippen LogP contribution in [0, 0.1) is 23.2 Å². The highest BCUT2D eigenvalue weighted by Gasteiger charge is 2.48. The van der Waals surface area contributed by atoms with Crippen LogP contribution in [0.2, 0.25) is 0 Å². The quantitative estimate of drug-likeness (QED) is 0.101. The summed E-state index contributed by atoms with van der Waals surface area (Å²) in [7, 11) is 0. The third kappa shape index (κ3) is 10.9. The lowest BCUT2D eigenvalue weighted by Gasteiger charge is -2.48. The minimum absolute atomic E-state index is 0.107. The maximum absolute atomic E-state index is 12.3. The predicted molar refractivity (Wildman–Crippen MR) is 164 cm³/mol. The molecule has 2 rings (SSSR count). The number of aliphatic carboxylic acids is 1. The van der Waals surface area contributed by atoms with Crippen molar-refractivity contribution in [3.63, 3.8) is 0 Å². The van der Waals surface area contributed by atoms with E-state index < -0.39 is 48.5 Å². The van der Waals surface area contributed by atoms with Gasteiger partial charge < -0.3 is 28.8 Å². The average molecular weight is 621 g/mol. The minimum atomic E-state index is -1.13. The number of ether oxygens (including phenoxy) is 5. The lowest BCUT2D eigenvalue weighted by atomic mass is 9.56. The summed E-state index contributed by atoms with van der Waals surface area (Å²) in [6.45, 7) is 18.9. The summed E-state index contributed by atoms with van der Waals surface area (Å²) in [6.07, 6.45) is 3.45. The maximum Gasteiger partial charge on any atom is 0.331 e. The Labute approximate surface area is 262 Å². The number of rotatable bonds is 15. The molecule has 1 aliphatic carbocycles. The second-order valence-electron chi connectivity index (χ2n) is 12.9. The van der Waals surface area contributed by atoms with Crippen molar-refractivity contribution in [2.75, 3.05) is 13.2 Å². The van der Waals surface area contributed by atoms with Crippen LogP contribution in [-0.2, 0) is 42.9 Å². The van der Waals surface area contributed by atoms with E-state index in [9.17, 15) is 24.3 Å². The van der Waals surface area contributed by atoms with Crippen molar-refractivity contribution in [1.29, 1.82) is 0 Å². The van der Waals surface area contributed by atoms with Gasteiger partial charge in [0.05, 0.1) is 13.2 Å². The van der Waals surface area contributed by atoms with Gasteiger partial charge in [-0.05, 0) is 76.5 Å². The SMILES string of the molecule is C=C(C)C1CC=C(C)C(CCC(C)CCOC2OCC(OC(=O)C=C(C)C)C(OC(C)=O)C2OC(C)=O)C1(C)CCC(=O)O.